The molecule has 21 heavy (non-hydrogen) atoms. The van der Waals surface area contributed by atoms with Gasteiger partial charge in [-0.25, -0.2) is 0 Å². The molecular weight excluding hydrogens is 262 g/mol. The van der Waals surface area contributed by atoms with E-state index in [2.05, 4.69) is 24.3 Å². The van der Waals surface area contributed by atoms with Gasteiger partial charge in [-0.3, -0.25) is 0 Å². The molecule has 0 heterocycles. The maximum atomic E-state index is 5.68. The van der Waals surface area contributed by atoms with Crippen LogP contribution in [0.4, 0.5) is 0 Å². The minimum Gasteiger partial charge on any atom is -0.493 e. The predicted molar refractivity (Wildman–Crippen MR) is 85.4 cm³/mol. The molecule has 0 bridgehead atoms. The quantitative estimate of drug-likeness (QED) is 0.720. The summed E-state index contributed by atoms with van der Waals surface area (Å²) in [5, 5.41) is 0. The average Bonchev–Trinajstić information content (AvgIpc) is 2.55. The molecule has 0 aliphatic rings. The van der Waals surface area contributed by atoms with Crippen LogP contribution in [0.3, 0.4) is 0 Å². The second kappa shape index (κ2) is 9.16. The lowest BCUT2D eigenvalue weighted by Gasteiger charge is -2.08. The van der Waals surface area contributed by atoms with E-state index in [1.165, 1.54) is 5.56 Å². The number of nitrogens with two attached hydrogens (primary N) is 1. The molecule has 0 aliphatic carbocycles. The van der Waals surface area contributed by atoms with Crippen molar-refractivity contribution in [3.8, 4) is 5.75 Å². The van der Waals surface area contributed by atoms with Crippen molar-refractivity contribution >= 4 is 0 Å². The molecule has 0 fully saturated rings. The zero-order valence-corrected chi connectivity index (χ0v) is 12.3. The first-order chi connectivity index (χ1) is 10.4. The molecule has 0 radical (unpaired) electrons. The van der Waals surface area contributed by atoms with E-state index in [0.717, 1.165) is 37.4 Å². The molecular formula is C18H23NO2. The third-order valence-corrected chi connectivity index (χ3v) is 3.21. The molecule has 2 aromatic carbocycles. The first kappa shape index (κ1) is 15.5. The lowest BCUT2D eigenvalue weighted by atomic mass is 10.2. The Hall–Kier alpha value is -1.84. The topological polar surface area (TPSA) is 44.5 Å². The zero-order valence-electron chi connectivity index (χ0n) is 12.3. The molecule has 0 saturated heterocycles. The summed E-state index contributed by atoms with van der Waals surface area (Å²) in [7, 11) is 0. The number of ether oxygens (including phenoxy) is 2. The summed E-state index contributed by atoms with van der Waals surface area (Å²) in [5.41, 5.74) is 8.00. The molecule has 2 N–H and O–H groups in total. The molecule has 3 heteroatoms. The Morgan fingerprint density at radius 1 is 0.810 bits per heavy atom. The van der Waals surface area contributed by atoms with Gasteiger partial charge in [-0.2, -0.15) is 0 Å². The van der Waals surface area contributed by atoms with Gasteiger partial charge in [0.1, 0.15) is 5.75 Å². The Morgan fingerprint density at radius 2 is 1.62 bits per heavy atom. The van der Waals surface area contributed by atoms with E-state index in [1.807, 2.05) is 30.3 Å². The van der Waals surface area contributed by atoms with Crippen molar-refractivity contribution in [3.05, 3.63) is 65.7 Å². The molecule has 0 aliphatic heterocycles. The van der Waals surface area contributed by atoms with Gasteiger partial charge < -0.3 is 15.2 Å². The highest BCUT2D eigenvalue weighted by atomic mass is 16.5. The van der Waals surface area contributed by atoms with Crippen molar-refractivity contribution in [2.45, 2.75) is 19.4 Å². The number of hydrogen-bond donors (Lipinski definition) is 1. The average molecular weight is 285 g/mol. The van der Waals surface area contributed by atoms with E-state index >= 15 is 0 Å². The third kappa shape index (κ3) is 5.98. The fourth-order valence-corrected chi connectivity index (χ4v) is 2.05. The summed E-state index contributed by atoms with van der Waals surface area (Å²) in [6.07, 6.45) is 1.85. The second-order valence-corrected chi connectivity index (χ2v) is 4.90. The van der Waals surface area contributed by atoms with Crippen LogP contribution < -0.4 is 10.5 Å². The molecule has 0 unspecified atom stereocenters. The number of benzene rings is 2. The predicted octanol–water partition coefficient (Wildman–Crippen LogP) is 3.17. The Bertz CT molecular complexity index is 514. The summed E-state index contributed by atoms with van der Waals surface area (Å²) in [5.74, 6) is 0.877. The van der Waals surface area contributed by atoms with Crippen LogP contribution in [-0.2, 0) is 17.7 Å². The number of rotatable bonds is 9. The van der Waals surface area contributed by atoms with Crippen molar-refractivity contribution in [2.75, 3.05) is 19.8 Å². The van der Waals surface area contributed by atoms with Crippen LogP contribution in [0.1, 0.15) is 17.5 Å². The van der Waals surface area contributed by atoms with Crippen molar-refractivity contribution < 1.29 is 9.47 Å². The second-order valence-electron chi connectivity index (χ2n) is 4.90. The Morgan fingerprint density at radius 3 is 2.43 bits per heavy atom. The van der Waals surface area contributed by atoms with Gasteiger partial charge in [-0.05, 0) is 29.7 Å². The van der Waals surface area contributed by atoms with Crippen LogP contribution >= 0.6 is 0 Å². The van der Waals surface area contributed by atoms with Gasteiger partial charge in [-0.1, -0.05) is 42.5 Å². The minimum atomic E-state index is 0.541. The highest BCUT2D eigenvalue weighted by molar-refractivity contribution is 5.28. The lowest BCUT2D eigenvalue weighted by molar-refractivity contribution is 0.122. The van der Waals surface area contributed by atoms with Crippen molar-refractivity contribution in [3.63, 3.8) is 0 Å². The molecule has 0 saturated carbocycles. The van der Waals surface area contributed by atoms with Crippen LogP contribution in [0.2, 0.25) is 0 Å². The van der Waals surface area contributed by atoms with Crippen LogP contribution in [0.25, 0.3) is 0 Å². The number of hydrogen-bond acceptors (Lipinski definition) is 3. The molecule has 112 valence electrons. The van der Waals surface area contributed by atoms with E-state index in [0.29, 0.717) is 13.2 Å². The first-order valence-electron chi connectivity index (χ1n) is 7.42. The van der Waals surface area contributed by atoms with E-state index in [1.54, 1.807) is 0 Å². The molecule has 0 atom stereocenters. The summed E-state index contributed by atoms with van der Waals surface area (Å²) in [6.45, 7) is 2.69. The third-order valence-electron chi connectivity index (χ3n) is 3.21. The van der Waals surface area contributed by atoms with Gasteiger partial charge in [0.25, 0.3) is 0 Å². The van der Waals surface area contributed by atoms with Gasteiger partial charge in [0, 0.05) is 19.6 Å². The lowest BCUT2D eigenvalue weighted by Crippen LogP contribution is -2.05. The smallest absolute Gasteiger partial charge is 0.119 e. The maximum absolute atomic E-state index is 5.68. The molecule has 0 amide bonds. The Balaban J connectivity index is 1.54. The fraction of sp³-hybridized carbons (Fsp3) is 0.333. The van der Waals surface area contributed by atoms with Crippen LogP contribution in [0.15, 0.2) is 54.6 Å². The summed E-state index contributed by atoms with van der Waals surface area (Å²) in [4.78, 5) is 0. The van der Waals surface area contributed by atoms with E-state index in [9.17, 15) is 0 Å². The molecule has 2 rings (SSSR count). The van der Waals surface area contributed by atoms with E-state index in [-0.39, 0.29) is 0 Å². The fourth-order valence-electron chi connectivity index (χ4n) is 2.05. The Labute approximate surface area is 126 Å². The SMILES string of the molecule is NCc1cccc(OCCCOCCc2ccccc2)c1. The van der Waals surface area contributed by atoms with Gasteiger partial charge in [0.05, 0.1) is 13.2 Å². The summed E-state index contributed by atoms with van der Waals surface area (Å²) < 4.78 is 11.3. The summed E-state index contributed by atoms with van der Waals surface area (Å²) in [6, 6.07) is 18.3. The van der Waals surface area contributed by atoms with Crippen molar-refractivity contribution in [2.24, 2.45) is 5.73 Å². The monoisotopic (exact) mass is 285 g/mol. The molecule has 3 nitrogen and oxygen atoms in total. The summed E-state index contributed by atoms with van der Waals surface area (Å²) >= 11 is 0. The van der Waals surface area contributed by atoms with E-state index in [4.69, 9.17) is 15.2 Å². The zero-order chi connectivity index (χ0) is 14.8. The Kier molecular flexibility index (Phi) is 6.78. The van der Waals surface area contributed by atoms with Crippen molar-refractivity contribution in [1.29, 1.82) is 0 Å². The minimum absolute atomic E-state index is 0.541. The molecule has 0 aromatic heterocycles. The van der Waals surface area contributed by atoms with Gasteiger partial charge in [0.2, 0.25) is 0 Å². The van der Waals surface area contributed by atoms with Crippen LogP contribution in [0.5, 0.6) is 5.75 Å². The largest absolute Gasteiger partial charge is 0.493 e. The van der Waals surface area contributed by atoms with Crippen LogP contribution in [0, 0.1) is 0 Å². The van der Waals surface area contributed by atoms with Crippen molar-refractivity contribution in [1.82, 2.24) is 0 Å². The first-order valence-corrected chi connectivity index (χ1v) is 7.42. The normalized spacial score (nSPS) is 10.5. The molecule has 0 spiro atoms. The standard InChI is InChI=1S/C18H23NO2/c19-15-17-8-4-9-18(14-17)21-12-5-11-20-13-10-16-6-2-1-3-7-16/h1-4,6-9,14H,5,10-13,15,19H2. The maximum Gasteiger partial charge on any atom is 0.119 e. The van der Waals surface area contributed by atoms with Gasteiger partial charge in [0.15, 0.2) is 0 Å². The highest BCUT2D eigenvalue weighted by Gasteiger charge is 1.96. The van der Waals surface area contributed by atoms with Gasteiger partial charge in [-0.15, -0.1) is 0 Å². The highest BCUT2D eigenvalue weighted by Crippen LogP contribution is 2.12. The van der Waals surface area contributed by atoms with E-state index < -0.39 is 0 Å². The van der Waals surface area contributed by atoms with Crippen LogP contribution in [-0.4, -0.2) is 19.8 Å². The molecule has 2 aromatic rings. The van der Waals surface area contributed by atoms with Gasteiger partial charge >= 0.3 is 0 Å².